The molecule has 9 heteroatoms. The van der Waals surface area contributed by atoms with Crippen LogP contribution in [0.1, 0.15) is 52.1 Å². The smallest absolute Gasteiger partial charge is 0.304 e. The Morgan fingerprint density at radius 3 is 2.60 bits per heavy atom. The van der Waals surface area contributed by atoms with Crippen molar-refractivity contribution in [2.45, 2.75) is 26.7 Å². The highest BCUT2D eigenvalue weighted by molar-refractivity contribution is 6.06. The van der Waals surface area contributed by atoms with Gasteiger partial charge in [0.1, 0.15) is 11.7 Å². The Kier molecular flexibility index (Phi) is 7.35. The molecule has 2 aromatic rings. The number of aryl methyl sites for hydroxylation is 1. The molecule has 160 valence electrons. The predicted octanol–water partition coefficient (Wildman–Crippen LogP) is 3.37. The number of nitrogen functional groups attached to an aromatic ring is 1. The van der Waals surface area contributed by atoms with Crippen molar-refractivity contribution in [3.63, 3.8) is 0 Å². The fourth-order valence-electron chi connectivity index (χ4n) is 3.27. The number of fused-ring (bicyclic) bond motifs is 1. The van der Waals surface area contributed by atoms with Gasteiger partial charge in [0.2, 0.25) is 0 Å². The van der Waals surface area contributed by atoms with Crippen LogP contribution in [-0.2, 0) is 11.2 Å². The number of amidine groups is 1. The quantitative estimate of drug-likeness (QED) is 0.434. The van der Waals surface area contributed by atoms with Crippen LogP contribution >= 0.6 is 0 Å². The van der Waals surface area contributed by atoms with E-state index in [-0.39, 0.29) is 36.6 Å². The molecule has 7 nitrogen and oxygen atoms in total. The van der Waals surface area contributed by atoms with Crippen LogP contribution in [0.4, 0.5) is 14.8 Å². The summed E-state index contributed by atoms with van der Waals surface area (Å²) in [4.78, 5) is 35.6. The summed E-state index contributed by atoms with van der Waals surface area (Å²) < 4.78 is 27.1. The van der Waals surface area contributed by atoms with Crippen LogP contribution in [0.15, 0.2) is 36.4 Å². The lowest BCUT2D eigenvalue weighted by atomic mass is 9.81. The number of carbonyl (C=O) groups is 3. The van der Waals surface area contributed by atoms with Crippen molar-refractivity contribution in [1.29, 1.82) is 6.86 Å². The van der Waals surface area contributed by atoms with Crippen molar-refractivity contribution < 1.29 is 28.6 Å². The highest BCUT2D eigenvalue weighted by atomic mass is 19.1. The van der Waals surface area contributed by atoms with Crippen molar-refractivity contribution in [1.82, 2.24) is 0 Å². The van der Waals surface area contributed by atoms with Crippen molar-refractivity contribution in [3.05, 3.63) is 64.5 Å². The first-order chi connectivity index (χ1) is 14.3. The van der Waals surface area contributed by atoms with Gasteiger partial charge in [-0.1, -0.05) is 13.5 Å². The first-order valence-electron chi connectivity index (χ1n) is 8.98. The number of hydrogen-bond acceptors (Lipinski definition) is 4. The number of nitrogens with one attached hydrogen (secondary N) is 2. The van der Waals surface area contributed by atoms with E-state index >= 15 is 0 Å². The maximum atomic E-state index is 14.1. The fourth-order valence-corrected chi connectivity index (χ4v) is 3.27. The third-order valence-electron chi connectivity index (χ3n) is 4.71. The van der Waals surface area contributed by atoms with Crippen LogP contribution in [0.25, 0.3) is 0 Å². The largest absolute Gasteiger partial charge is 0.481 e. The van der Waals surface area contributed by atoms with Gasteiger partial charge in [0.25, 0.3) is 7.36 Å². The number of ketones is 1. The molecule has 1 amide bonds. The summed E-state index contributed by atoms with van der Waals surface area (Å²) in [6, 6.07) is 8.37. The monoisotopic (exact) mass is 421 g/mol. The molecule has 0 spiro atoms. The molecule has 0 saturated heterocycles. The van der Waals surface area contributed by atoms with Crippen LogP contribution in [0.2, 0.25) is 0 Å². The summed E-state index contributed by atoms with van der Waals surface area (Å²) in [5.41, 5.74) is 6.86. The first kappa shape index (κ1) is 22.7. The highest BCUT2D eigenvalue weighted by Crippen LogP contribution is 2.30. The van der Waals surface area contributed by atoms with Crippen molar-refractivity contribution >= 4 is 29.2 Å². The molecule has 5 N–H and O–H groups in total. The maximum absolute atomic E-state index is 14.1. The van der Waals surface area contributed by atoms with Crippen molar-refractivity contribution in [2.75, 3.05) is 5.32 Å². The van der Waals surface area contributed by atoms with Gasteiger partial charge < -0.3 is 16.2 Å². The predicted molar refractivity (Wildman–Crippen MR) is 109 cm³/mol. The Hall–Kier alpha value is -3.62. The molecular weight excluding hydrogens is 396 g/mol. The third-order valence-corrected chi connectivity index (χ3v) is 4.71. The summed E-state index contributed by atoms with van der Waals surface area (Å²) >= 11 is 0. The van der Waals surface area contributed by atoms with Crippen molar-refractivity contribution in [3.8, 4) is 0 Å². The van der Waals surface area contributed by atoms with Crippen molar-refractivity contribution in [2.24, 2.45) is 11.7 Å². The second-order valence-corrected chi connectivity index (χ2v) is 6.63. The second kappa shape index (κ2) is 9.73. The average Bonchev–Trinajstić information content (AvgIpc) is 2.71. The second-order valence-electron chi connectivity index (χ2n) is 6.63. The number of hydrogen-bond donors (Lipinski definition) is 4. The molecule has 1 unspecified atom stereocenters. The van der Waals surface area contributed by atoms with Crippen LogP contribution < -0.4 is 11.1 Å². The van der Waals surface area contributed by atoms with Crippen LogP contribution in [0.3, 0.4) is 0 Å². The molecule has 0 bridgehead atoms. The molecule has 0 heterocycles. The topological polar surface area (TPSA) is 133 Å². The molecule has 1 atom stereocenters. The van der Waals surface area contributed by atoms with Gasteiger partial charge in [-0.3, -0.25) is 24.5 Å². The molecule has 1 aliphatic rings. The highest BCUT2D eigenvalue weighted by Gasteiger charge is 2.29. The number of carboxylic acids is 1. The molecule has 0 saturated carbocycles. The Morgan fingerprint density at radius 2 is 2.00 bits per heavy atom. The number of halogens is 2. The fraction of sp³-hybridized carbons (Fsp3) is 0.238. The van der Waals surface area contributed by atoms with E-state index in [9.17, 15) is 18.8 Å². The molecule has 0 fully saturated rings. The minimum atomic E-state index is -1.01. The zero-order valence-corrected chi connectivity index (χ0v) is 15.2. The number of amides is 1. The number of carboxylic acid groups (broad SMARTS) is 1. The zero-order valence-electron chi connectivity index (χ0n) is 16.2. The number of anilines is 1. The van der Waals surface area contributed by atoms with Gasteiger partial charge >= 0.3 is 5.97 Å². The number of nitrogens with two attached hydrogens (primary N) is 1. The Bertz CT molecular complexity index is 1010. The zero-order chi connectivity index (χ0) is 22.4. The van der Waals surface area contributed by atoms with Gasteiger partial charge in [-0.2, -0.15) is 0 Å². The molecule has 0 radical (unpaired) electrons. The number of carbonyl (C=O) groups excluding carboxylic acids is 2. The van der Waals surface area contributed by atoms with Crippen LogP contribution in [-0.4, -0.2) is 30.1 Å². The van der Waals surface area contributed by atoms with E-state index in [2.05, 4.69) is 6.77 Å². The number of aliphatic carboxylic acids is 1. The number of Topliss-reactive ketones (excluding diaryl/α,β-unsaturated/α-hetero) is 1. The van der Waals surface area contributed by atoms with Gasteiger partial charge in [-0.05, 0) is 48.7 Å². The third kappa shape index (κ3) is 5.05. The lowest BCUT2D eigenvalue weighted by Gasteiger charge is -2.22. The Morgan fingerprint density at radius 1 is 1.30 bits per heavy atom. The molecule has 0 aliphatic heterocycles. The van der Waals surface area contributed by atoms with Gasteiger partial charge in [0, 0.05) is 22.7 Å². The van der Waals surface area contributed by atoms with Crippen LogP contribution in [0, 0.1) is 17.1 Å². The molecule has 30 heavy (non-hydrogen) atoms. The van der Waals surface area contributed by atoms with Gasteiger partial charge in [-0.15, -0.1) is 0 Å². The molecule has 0 aromatic heterocycles. The van der Waals surface area contributed by atoms with Crippen LogP contribution in [0.5, 0.6) is 0 Å². The van der Waals surface area contributed by atoms with E-state index in [4.69, 9.17) is 21.0 Å². The maximum Gasteiger partial charge on any atom is 0.304 e. The molecule has 3 rings (SSSR count). The molecular formula is C21H23F2N3O4. The SMILES string of the molecule is C.N=C(N)c1ccc(C(=O)Nc2ccc3c(c2)CCC(CC(=O)O)C3=O)c(F)c1.[3H]F. The van der Waals surface area contributed by atoms with Gasteiger partial charge in [-0.25, -0.2) is 4.39 Å². The van der Waals surface area contributed by atoms with Gasteiger partial charge in [0.15, 0.2) is 5.78 Å². The van der Waals surface area contributed by atoms with E-state index in [0.717, 1.165) is 11.6 Å². The Balaban J connectivity index is 0.00000156. The van der Waals surface area contributed by atoms with E-state index in [1.165, 1.54) is 18.2 Å². The minimum absolute atomic E-state index is 0. The Labute approximate surface area is 173 Å². The summed E-state index contributed by atoms with van der Waals surface area (Å²) in [5.74, 6) is -3.53. The van der Waals surface area contributed by atoms with E-state index in [0.29, 0.717) is 24.1 Å². The number of benzene rings is 2. The minimum Gasteiger partial charge on any atom is -0.481 e. The van der Waals surface area contributed by atoms with E-state index in [1.807, 2.05) is 0 Å². The first-order valence-corrected chi connectivity index (χ1v) is 8.60. The summed E-state index contributed by atoms with van der Waals surface area (Å²) in [6.45, 7) is 0. The lowest BCUT2D eigenvalue weighted by Crippen LogP contribution is -2.25. The average molecular weight is 421 g/mol. The number of rotatable bonds is 5. The van der Waals surface area contributed by atoms with E-state index < -0.39 is 23.6 Å². The molecule has 1 aliphatic carbocycles. The van der Waals surface area contributed by atoms with E-state index in [1.54, 1.807) is 12.1 Å². The summed E-state index contributed by atoms with van der Waals surface area (Å²) in [7, 11) is 0. The summed E-state index contributed by atoms with van der Waals surface area (Å²) in [5, 5.41) is 18.8. The van der Waals surface area contributed by atoms with Gasteiger partial charge in [0.05, 0.1) is 12.0 Å². The lowest BCUT2D eigenvalue weighted by molar-refractivity contribution is -0.137. The standard InChI is InChI=1S/C20H18FN3O4.CH4.FH/c21-16-8-12(19(22)23)3-5-15(16)20(28)24-13-4-6-14-10(7-13)1-2-11(18(14)27)9-17(25)26;;/h3-8,11H,1-2,9H2,(H3,22,23)(H,24,28)(H,25,26);1H4;1H/i/hT. The molecule has 2 aromatic carbocycles. The summed E-state index contributed by atoms with van der Waals surface area (Å²) in [6.07, 6.45) is 0.743. The normalized spacial score (nSPS) is 14.8.